The van der Waals surface area contributed by atoms with Crippen LogP contribution in [0.3, 0.4) is 0 Å². The Bertz CT molecular complexity index is 687. The Morgan fingerprint density at radius 2 is 1.92 bits per heavy atom. The van der Waals surface area contributed by atoms with Gasteiger partial charge >= 0.3 is 6.03 Å². The quantitative estimate of drug-likeness (QED) is 0.855. The highest BCUT2D eigenvalue weighted by molar-refractivity contribution is 5.74. The Hall–Kier alpha value is -2.30. The van der Waals surface area contributed by atoms with E-state index in [0.29, 0.717) is 6.54 Å². The highest BCUT2D eigenvalue weighted by Crippen LogP contribution is 2.28. The molecule has 1 aromatic carbocycles. The van der Waals surface area contributed by atoms with Crippen molar-refractivity contribution in [1.82, 2.24) is 15.4 Å². The predicted octanol–water partition coefficient (Wildman–Crippen LogP) is 4.19. The van der Waals surface area contributed by atoms with Crippen molar-refractivity contribution < 1.29 is 9.32 Å². The minimum absolute atomic E-state index is 0.00577. The number of rotatable bonds is 6. The number of benzene rings is 1. The maximum atomic E-state index is 12.5. The third-order valence-corrected chi connectivity index (χ3v) is 4.66. The van der Waals surface area contributed by atoms with E-state index in [1.807, 2.05) is 26.8 Å². The lowest BCUT2D eigenvalue weighted by Gasteiger charge is -2.30. The van der Waals surface area contributed by atoms with E-state index >= 15 is 0 Å². The van der Waals surface area contributed by atoms with Crippen LogP contribution in [0.1, 0.15) is 49.8 Å². The van der Waals surface area contributed by atoms with Crippen LogP contribution in [-0.2, 0) is 12.0 Å². The summed E-state index contributed by atoms with van der Waals surface area (Å²) in [4.78, 5) is 14.2. The van der Waals surface area contributed by atoms with Crippen molar-refractivity contribution in [3.05, 3.63) is 52.9 Å². The Balaban J connectivity index is 1.93. The standard InChI is InChI=1S/C20H29N3O2/c1-14(12-20(4,5)17-10-8-7-9-11-17)21-19(24)23(6)13-18-15(2)22-25-16(18)3/h7-11,14H,12-13H2,1-6H3,(H,21,24)/t14-/m0/s1. The Labute approximate surface area is 150 Å². The molecule has 2 amide bonds. The molecule has 0 spiro atoms. The van der Waals surface area contributed by atoms with Gasteiger partial charge in [0.15, 0.2) is 0 Å². The van der Waals surface area contributed by atoms with Crippen molar-refractivity contribution in [1.29, 1.82) is 0 Å². The number of carbonyl (C=O) groups excluding carboxylic acids is 1. The molecular weight excluding hydrogens is 314 g/mol. The smallest absolute Gasteiger partial charge is 0.317 e. The average Bonchev–Trinajstić information content (AvgIpc) is 2.87. The molecule has 2 rings (SSSR count). The molecule has 0 aliphatic carbocycles. The maximum Gasteiger partial charge on any atom is 0.317 e. The number of amides is 2. The molecule has 0 fully saturated rings. The zero-order chi connectivity index (χ0) is 18.6. The van der Waals surface area contributed by atoms with Crippen molar-refractivity contribution in [2.75, 3.05) is 7.05 Å². The lowest BCUT2D eigenvalue weighted by Crippen LogP contribution is -2.43. The fraction of sp³-hybridized carbons (Fsp3) is 0.500. The van der Waals surface area contributed by atoms with E-state index in [1.54, 1.807) is 11.9 Å². The second-order valence-corrected chi connectivity index (χ2v) is 7.46. The van der Waals surface area contributed by atoms with E-state index < -0.39 is 0 Å². The second-order valence-electron chi connectivity index (χ2n) is 7.46. The first-order chi connectivity index (χ1) is 11.7. The Morgan fingerprint density at radius 3 is 2.48 bits per heavy atom. The average molecular weight is 343 g/mol. The van der Waals surface area contributed by atoms with Crippen molar-refractivity contribution in [2.45, 2.75) is 59.0 Å². The Morgan fingerprint density at radius 1 is 1.28 bits per heavy atom. The molecule has 136 valence electrons. The van der Waals surface area contributed by atoms with Gasteiger partial charge in [-0.1, -0.05) is 49.3 Å². The highest BCUT2D eigenvalue weighted by Gasteiger charge is 2.25. The van der Waals surface area contributed by atoms with Crippen molar-refractivity contribution in [3.8, 4) is 0 Å². The van der Waals surface area contributed by atoms with Gasteiger partial charge < -0.3 is 14.7 Å². The number of carbonyl (C=O) groups is 1. The van der Waals surface area contributed by atoms with Crippen LogP contribution in [0, 0.1) is 13.8 Å². The normalized spacial score (nSPS) is 12.7. The molecule has 5 heteroatoms. The summed E-state index contributed by atoms with van der Waals surface area (Å²) in [5, 5.41) is 7.03. The summed E-state index contributed by atoms with van der Waals surface area (Å²) in [6, 6.07) is 10.4. The fourth-order valence-corrected chi connectivity index (χ4v) is 3.18. The number of aromatic nitrogens is 1. The molecule has 0 radical (unpaired) electrons. The van der Waals surface area contributed by atoms with Gasteiger partial charge in [0.25, 0.3) is 0 Å². The minimum Gasteiger partial charge on any atom is -0.361 e. The van der Waals surface area contributed by atoms with Gasteiger partial charge in [-0.15, -0.1) is 0 Å². The van der Waals surface area contributed by atoms with Crippen molar-refractivity contribution >= 4 is 6.03 Å². The molecule has 0 unspecified atom stereocenters. The van der Waals surface area contributed by atoms with E-state index in [4.69, 9.17) is 4.52 Å². The molecule has 0 aliphatic rings. The van der Waals surface area contributed by atoms with Crippen molar-refractivity contribution in [3.63, 3.8) is 0 Å². The van der Waals surface area contributed by atoms with Crippen LogP contribution in [0.2, 0.25) is 0 Å². The maximum absolute atomic E-state index is 12.5. The van der Waals surface area contributed by atoms with E-state index in [0.717, 1.165) is 23.4 Å². The van der Waals surface area contributed by atoms with E-state index in [9.17, 15) is 4.79 Å². The highest BCUT2D eigenvalue weighted by atomic mass is 16.5. The van der Waals surface area contributed by atoms with Gasteiger partial charge in [0.1, 0.15) is 5.76 Å². The predicted molar refractivity (Wildman–Crippen MR) is 99.5 cm³/mol. The SMILES string of the molecule is Cc1noc(C)c1CN(C)C(=O)N[C@@H](C)CC(C)(C)c1ccccc1. The summed E-state index contributed by atoms with van der Waals surface area (Å²) in [7, 11) is 1.79. The van der Waals surface area contributed by atoms with Crippen LogP contribution in [-0.4, -0.2) is 29.2 Å². The number of hydrogen-bond acceptors (Lipinski definition) is 3. The Kier molecular flexibility index (Phi) is 5.88. The number of urea groups is 1. The zero-order valence-corrected chi connectivity index (χ0v) is 16.1. The number of nitrogens with one attached hydrogen (secondary N) is 1. The molecule has 2 aromatic rings. The van der Waals surface area contributed by atoms with Gasteiger partial charge in [0.2, 0.25) is 0 Å². The molecule has 1 heterocycles. The molecular formula is C20H29N3O2. The molecule has 1 aromatic heterocycles. The number of aryl methyl sites for hydroxylation is 2. The van der Waals surface area contributed by atoms with E-state index in [-0.39, 0.29) is 17.5 Å². The lowest BCUT2D eigenvalue weighted by atomic mass is 9.79. The molecule has 0 saturated carbocycles. The van der Waals surface area contributed by atoms with Crippen LogP contribution < -0.4 is 5.32 Å². The van der Waals surface area contributed by atoms with Gasteiger partial charge in [-0.25, -0.2) is 4.79 Å². The number of hydrogen-bond donors (Lipinski definition) is 1. The van der Waals surface area contributed by atoms with Crippen LogP contribution in [0.25, 0.3) is 0 Å². The van der Waals surface area contributed by atoms with Gasteiger partial charge in [-0.05, 0) is 38.2 Å². The molecule has 25 heavy (non-hydrogen) atoms. The van der Waals surface area contributed by atoms with Crippen LogP contribution in [0.5, 0.6) is 0 Å². The minimum atomic E-state index is -0.0867. The van der Waals surface area contributed by atoms with Crippen molar-refractivity contribution in [2.24, 2.45) is 0 Å². The summed E-state index contributed by atoms with van der Waals surface area (Å²) < 4.78 is 5.16. The summed E-state index contributed by atoms with van der Waals surface area (Å²) in [5.74, 6) is 0.760. The first-order valence-electron chi connectivity index (χ1n) is 8.69. The summed E-state index contributed by atoms with van der Waals surface area (Å²) in [6.07, 6.45) is 0.863. The summed E-state index contributed by atoms with van der Waals surface area (Å²) >= 11 is 0. The van der Waals surface area contributed by atoms with Crippen LogP contribution >= 0.6 is 0 Å². The second kappa shape index (κ2) is 7.72. The van der Waals surface area contributed by atoms with Gasteiger partial charge in [-0.2, -0.15) is 0 Å². The largest absolute Gasteiger partial charge is 0.361 e. The molecule has 1 N–H and O–H groups in total. The van der Waals surface area contributed by atoms with E-state index in [2.05, 4.69) is 48.6 Å². The third-order valence-electron chi connectivity index (χ3n) is 4.66. The van der Waals surface area contributed by atoms with Gasteiger partial charge in [-0.3, -0.25) is 0 Å². The van der Waals surface area contributed by atoms with Gasteiger partial charge in [0, 0.05) is 18.7 Å². The molecule has 5 nitrogen and oxygen atoms in total. The van der Waals surface area contributed by atoms with Crippen LogP contribution in [0.4, 0.5) is 4.79 Å². The third kappa shape index (κ3) is 4.84. The summed E-state index contributed by atoms with van der Waals surface area (Å²) in [5.41, 5.74) is 3.07. The monoisotopic (exact) mass is 343 g/mol. The molecule has 1 atom stereocenters. The molecule has 0 saturated heterocycles. The zero-order valence-electron chi connectivity index (χ0n) is 16.1. The molecule has 0 aliphatic heterocycles. The number of nitrogens with zero attached hydrogens (tertiary/aromatic N) is 2. The first-order valence-corrected chi connectivity index (χ1v) is 8.69. The molecule has 0 bridgehead atoms. The first kappa shape index (κ1) is 19.0. The van der Waals surface area contributed by atoms with E-state index in [1.165, 1.54) is 5.56 Å². The summed E-state index contributed by atoms with van der Waals surface area (Å²) in [6.45, 7) is 10.7. The van der Waals surface area contributed by atoms with Crippen LogP contribution in [0.15, 0.2) is 34.9 Å². The topological polar surface area (TPSA) is 58.4 Å². The lowest BCUT2D eigenvalue weighted by molar-refractivity contribution is 0.200. The van der Waals surface area contributed by atoms with Gasteiger partial charge in [0.05, 0.1) is 12.2 Å². The fourth-order valence-electron chi connectivity index (χ4n) is 3.18.